The highest BCUT2D eigenvalue weighted by molar-refractivity contribution is 6.33. The summed E-state index contributed by atoms with van der Waals surface area (Å²) < 4.78 is 0. The molecule has 4 bridgehead atoms. The van der Waals surface area contributed by atoms with E-state index in [1.54, 1.807) is 24.3 Å². The summed E-state index contributed by atoms with van der Waals surface area (Å²) in [6.07, 6.45) is 0.598. The molecule has 6 nitrogen and oxygen atoms in total. The molecule has 0 aromatic heterocycles. The van der Waals surface area contributed by atoms with Gasteiger partial charge in [-0.05, 0) is 66.3 Å². The molecular weight excluding hydrogens is 569 g/mol. The Hall–Kier alpha value is -3.39. The molecule has 0 aliphatic carbocycles. The van der Waals surface area contributed by atoms with Crippen LogP contribution in [0.3, 0.4) is 0 Å². The van der Waals surface area contributed by atoms with Crippen LogP contribution < -0.4 is 0 Å². The van der Waals surface area contributed by atoms with Crippen LogP contribution in [0.15, 0.2) is 78.9 Å². The minimum Gasteiger partial charge on any atom is -0.506 e. The molecule has 4 heterocycles. The van der Waals surface area contributed by atoms with Crippen molar-refractivity contribution in [1.82, 2.24) is 14.7 Å². The molecule has 0 unspecified atom stereocenters. The minimum atomic E-state index is -0.168. The van der Waals surface area contributed by atoms with E-state index in [4.69, 9.17) is 23.2 Å². The van der Waals surface area contributed by atoms with Crippen molar-refractivity contribution in [2.24, 2.45) is 5.92 Å². The molecular formula is C34H35Cl2N3O3. The molecule has 0 amide bonds. The zero-order valence-electron chi connectivity index (χ0n) is 23.8. The molecule has 8 heteroatoms. The molecule has 218 valence electrons. The lowest BCUT2D eigenvalue weighted by Gasteiger charge is -2.54. The molecule has 4 fully saturated rings. The van der Waals surface area contributed by atoms with Gasteiger partial charge in [0.25, 0.3) is 0 Å². The first kappa shape index (κ1) is 30.1. The van der Waals surface area contributed by atoms with Gasteiger partial charge in [0.1, 0.15) is 11.5 Å². The predicted octanol–water partition coefficient (Wildman–Crippen LogP) is 7.28. The van der Waals surface area contributed by atoms with E-state index in [1.165, 1.54) is 45.2 Å². The number of hydrogen-bond donors (Lipinski definition) is 2. The van der Waals surface area contributed by atoms with Crippen LogP contribution in [0.2, 0.25) is 10.0 Å². The topological polar surface area (TPSA) is 67.2 Å². The summed E-state index contributed by atoms with van der Waals surface area (Å²) in [6.45, 7) is 11.8. The summed E-state index contributed by atoms with van der Waals surface area (Å²) in [6, 6.07) is 24.5. The van der Waals surface area contributed by atoms with Crippen LogP contribution in [0.5, 0.6) is 11.5 Å². The number of aryl methyl sites for hydroxylation is 2. The molecule has 8 rings (SSSR count). The van der Waals surface area contributed by atoms with E-state index < -0.39 is 0 Å². The summed E-state index contributed by atoms with van der Waals surface area (Å²) in [4.78, 5) is 18.4. The number of phenols is 2. The summed E-state index contributed by atoms with van der Waals surface area (Å²) in [5, 5.41) is 19.4. The van der Waals surface area contributed by atoms with Gasteiger partial charge in [-0.1, -0.05) is 88.9 Å². The smallest absolute Gasteiger partial charge is 0.153 e. The molecule has 4 aliphatic heterocycles. The third-order valence-electron chi connectivity index (χ3n) is 7.62. The third kappa shape index (κ3) is 7.33. The minimum absolute atomic E-state index is 0.119. The number of benzene rings is 4. The number of nitrogens with zero attached hydrogens (tertiary/aromatic N) is 3. The molecule has 0 spiro atoms. The number of aldehydes is 1. The fourth-order valence-electron chi connectivity index (χ4n) is 5.81. The number of phenolic OH excluding ortho intramolecular Hbond substituents is 2. The van der Waals surface area contributed by atoms with Crippen molar-refractivity contribution >= 4 is 29.5 Å². The fourth-order valence-corrected chi connectivity index (χ4v) is 6.22. The standard InChI is InChI=1S/C14H11ClO2.C13H11ClO.C7H13N3/c1-9-3-2-4-10(5-9)11-6-12(8-16)14(17)13(15)7-11;1-9-3-2-4-10(7-9)11-5-6-13(15)12(14)8-11;1-7-2-9-4-8(1)5-10(3-7)6-9/h2-8,17H,1H3;2-8,15H,1H3;7H,1-6H2. The molecule has 42 heavy (non-hydrogen) atoms. The van der Waals surface area contributed by atoms with Gasteiger partial charge < -0.3 is 10.2 Å². The van der Waals surface area contributed by atoms with E-state index in [-0.39, 0.29) is 22.1 Å². The first-order valence-corrected chi connectivity index (χ1v) is 14.7. The van der Waals surface area contributed by atoms with Gasteiger partial charge in [-0.3, -0.25) is 19.5 Å². The normalized spacial score (nSPS) is 21.5. The highest BCUT2D eigenvalue weighted by atomic mass is 35.5. The largest absolute Gasteiger partial charge is 0.506 e. The quantitative estimate of drug-likeness (QED) is 0.240. The van der Waals surface area contributed by atoms with E-state index in [0.29, 0.717) is 11.3 Å². The van der Waals surface area contributed by atoms with E-state index in [1.807, 2.05) is 62.4 Å². The van der Waals surface area contributed by atoms with Crippen molar-refractivity contribution < 1.29 is 15.0 Å². The highest BCUT2D eigenvalue weighted by Gasteiger charge is 2.37. The Morgan fingerprint density at radius 3 is 1.64 bits per heavy atom. The van der Waals surface area contributed by atoms with Gasteiger partial charge in [0.05, 0.1) is 35.6 Å². The molecule has 0 saturated carbocycles. The van der Waals surface area contributed by atoms with Gasteiger partial charge in [0, 0.05) is 19.6 Å². The summed E-state index contributed by atoms with van der Waals surface area (Å²) in [5.41, 5.74) is 6.44. The Morgan fingerprint density at radius 1 is 0.667 bits per heavy atom. The van der Waals surface area contributed by atoms with Crippen LogP contribution in [0, 0.1) is 19.8 Å². The van der Waals surface area contributed by atoms with Crippen molar-refractivity contribution in [3.63, 3.8) is 0 Å². The highest BCUT2D eigenvalue weighted by Crippen LogP contribution is 2.33. The Bertz CT molecular complexity index is 1520. The van der Waals surface area contributed by atoms with Crippen LogP contribution in [0.4, 0.5) is 0 Å². The molecule has 4 saturated heterocycles. The van der Waals surface area contributed by atoms with Gasteiger partial charge in [-0.25, -0.2) is 0 Å². The molecule has 0 radical (unpaired) electrons. The molecule has 2 N–H and O–H groups in total. The summed E-state index contributed by atoms with van der Waals surface area (Å²) in [7, 11) is 0. The Labute approximate surface area is 257 Å². The Balaban J connectivity index is 0.000000129. The fraction of sp³-hybridized carbons (Fsp3) is 0.265. The first-order valence-electron chi connectivity index (χ1n) is 14.0. The second-order valence-electron chi connectivity index (χ2n) is 11.3. The molecule has 4 aromatic carbocycles. The second kappa shape index (κ2) is 13.3. The lowest BCUT2D eigenvalue weighted by molar-refractivity contribution is -0.130. The van der Waals surface area contributed by atoms with Gasteiger partial charge in [0.15, 0.2) is 6.29 Å². The van der Waals surface area contributed by atoms with Crippen molar-refractivity contribution in [3.05, 3.63) is 106 Å². The van der Waals surface area contributed by atoms with E-state index >= 15 is 0 Å². The van der Waals surface area contributed by atoms with Crippen molar-refractivity contribution in [3.8, 4) is 33.8 Å². The van der Waals surface area contributed by atoms with Crippen LogP contribution in [-0.2, 0) is 0 Å². The Kier molecular flexibility index (Phi) is 9.51. The van der Waals surface area contributed by atoms with Gasteiger partial charge in [-0.15, -0.1) is 0 Å². The van der Waals surface area contributed by atoms with Crippen LogP contribution in [0.1, 0.15) is 21.5 Å². The lowest BCUT2D eigenvalue weighted by atomic mass is 10.0. The predicted molar refractivity (Wildman–Crippen MR) is 170 cm³/mol. The zero-order chi connectivity index (χ0) is 29.8. The Morgan fingerprint density at radius 2 is 1.17 bits per heavy atom. The van der Waals surface area contributed by atoms with Crippen LogP contribution in [-0.4, -0.2) is 70.8 Å². The van der Waals surface area contributed by atoms with Crippen LogP contribution in [0.25, 0.3) is 22.3 Å². The number of halogens is 2. The van der Waals surface area contributed by atoms with Gasteiger partial charge in [-0.2, -0.15) is 0 Å². The van der Waals surface area contributed by atoms with Gasteiger partial charge in [0.2, 0.25) is 0 Å². The lowest BCUT2D eigenvalue weighted by Crippen LogP contribution is -2.67. The number of carbonyl (C=O) groups excluding carboxylic acids is 1. The third-order valence-corrected chi connectivity index (χ3v) is 8.21. The zero-order valence-corrected chi connectivity index (χ0v) is 25.3. The SMILES string of the molecule is C1C2CN3CN1CN(C2)C3.Cc1cccc(-c2cc(Cl)c(O)c(C=O)c2)c1.Cc1cccc(-c2ccc(O)c(Cl)c2)c1. The number of aromatic hydroxyl groups is 2. The monoisotopic (exact) mass is 603 g/mol. The maximum atomic E-state index is 10.8. The average Bonchev–Trinajstić information content (AvgIpc) is 2.96. The number of rotatable bonds is 3. The molecule has 4 aliphatic rings. The average molecular weight is 605 g/mol. The second-order valence-corrected chi connectivity index (χ2v) is 12.1. The molecule has 4 aromatic rings. The molecule has 0 atom stereocenters. The summed E-state index contributed by atoms with van der Waals surface area (Å²) in [5.74, 6) is 0.905. The summed E-state index contributed by atoms with van der Waals surface area (Å²) >= 11 is 11.7. The number of hydrogen-bond acceptors (Lipinski definition) is 6. The van der Waals surface area contributed by atoms with Crippen LogP contribution >= 0.6 is 23.2 Å². The van der Waals surface area contributed by atoms with Crippen molar-refractivity contribution in [2.75, 3.05) is 39.6 Å². The van der Waals surface area contributed by atoms with Gasteiger partial charge >= 0.3 is 0 Å². The number of carbonyl (C=O) groups is 1. The van der Waals surface area contributed by atoms with Crippen molar-refractivity contribution in [1.29, 1.82) is 0 Å². The van der Waals surface area contributed by atoms with E-state index in [0.717, 1.165) is 33.7 Å². The maximum Gasteiger partial charge on any atom is 0.153 e. The van der Waals surface area contributed by atoms with E-state index in [9.17, 15) is 15.0 Å². The van der Waals surface area contributed by atoms with Crippen molar-refractivity contribution in [2.45, 2.75) is 13.8 Å². The maximum absolute atomic E-state index is 10.8. The van der Waals surface area contributed by atoms with E-state index in [2.05, 4.69) is 20.8 Å². The first-order chi connectivity index (χ1) is 20.2.